The molecule has 0 radical (unpaired) electrons. The van der Waals surface area contributed by atoms with E-state index in [9.17, 15) is 13.2 Å². The van der Waals surface area contributed by atoms with Crippen LogP contribution in [0.25, 0.3) is 0 Å². The number of carbonyl (C=O) groups is 1. The molecule has 0 saturated carbocycles. The van der Waals surface area contributed by atoms with E-state index >= 15 is 0 Å². The second-order valence-electron chi connectivity index (χ2n) is 5.69. The Kier molecular flexibility index (Phi) is 3.84. The fourth-order valence-corrected chi connectivity index (χ4v) is 4.62. The number of hydrogen-bond donors (Lipinski definition) is 1. The molecule has 6 nitrogen and oxygen atoms in total. The summed E-state index contributed by atoms with van der Waals surface area (Å²) in [5.41, 5.74) is 0. The van der Waals surface area contributed by atoms with Crippen molar-refractivity contribution >= 4 is 21.6 Å². The molecule has 1 aliphatic carbocycles. The maximum atomic E-state index is 12.3. The predicted octanol–water partition coefficient (Wildman–Crippen LogP) is 1.54. The minimum Gasteiger partial charge on any atom is -0.311 e. The number of nitrogens with zero attached hydrogens (tertiary/aromatic N) is 2. The van der Waals surface area contributed by atoms with Crippen molar-refractivity contribution in [3.05, 3.63) is 24.4 Å². The van der Waals surface area contributed by atoms with Crippen LogP contribution in [0.3, 0.4) is 0 Å². The number of nitrogens with one attached hydrogen (secondary N) is 1. The molecular formula is C14H19N3O3S. The molecule has 1 fully saturated rings. The maximum absolute atomic E-state index is 12.3. The summed E-state index contributed by atoms with van der Waals surface area (Å²) < 4.78 is 24.8. The van der Waals surface area contributed by atoms with Gasteiger partial charge >= 0.3 is 0 Å². The standard InChI is InChI=1S/C14H19N3O3S/c18-14(11-4-2-1-3-5-11)16-13-6-8-15-17(13)12-7-9-21(19,20)10-12/h1-2,6,8,11-12H,3-5,7,9-10H2,(H,16,18)/t11-,12-/m1/s1. The highest BCUT2D eigenvalue weighted by atomic mass is 32.2. The molecule has 21 heavy (non-hydrogen) atoms. The van der Waals surface area contributed by atoms with Crippen molar-refractivity contribution in [1.82, 2.24) is 9.78 Å². The zero-order valence-electron chi connectivity index (χ0n) is 11.7. The molecule has 1 aliphatic heterocycles. The molecule has 7 heteroatoms. The number of allylic oxidation sites excluding steroid dienone is 2. The van der Waals surface area contributed by atoms with Crippen LogP contribution in [0, 0.1) is 5.92 Å². The van der Waals surface area contributed by atoms with Crippen LogP contribution < -0.4 is 5.32 Å². The molecule has 1 saturated heterocycles. The summed E-state index contributed by atoms with van der Waals surface area (Å²) in [6.07, 6.45) is 8.83. The lowest BCUT2D eigenvalue weighted by Crippen LogP contribution is -2.26. The number of hydrogen-bond acceptors (Lipinski definition) is 4. The highest BCUT2D eigenvalue weighted by Gasteiger charge is 2.31. The van der Waals surface area contributed by atoms with Gasteiger partial charge in [0, 0.05) is 12.0 Å². The van der Waals surface area contributed by atoms with Crippen molar-refractivity contribution in [3.63, 3.8) is 0 Å². The number of carbonyl (C=O) groups excluding carboxylic acids is 1. The highest BCUT2D eigenvalue weighted by molar-refractivity contribution is 7.91. The van der Waals surface area contributed by atoms with Crippen LogP contribution in [0.5, 0.6) is 0 Å². The Morgan fingerprint density at radius 1 is 1.33 bits per heavy atom. The quantitative estimate of drug-likeness (QED) is 0.859. The van der Waals surface area contributed by atoms with E-state index in [2.05, 4.69) is 16.5 Å². The third-order valence-corrected chi connectivity index (χ3v) is 5.87. The number of amides is 1. The molecule has 0 aromatic carbocycles. The van der Waals surface area contributed by atoms with E-state index in [0.29, 0.717) is 12.2 Å². The van der Waals surface area contributed by atoms with Crippen LogP contribution in [-0.2, 0) is 14.6 Å². The third kappa shape index (κ3) is 3.18. The Labute approximate surface area is 124 Å². The summed E-state index contributed by atoms with van der Waals surface area (Å²) in [5.74, 6) is 0.867. The third-order valence-electron chi connectivity index (χ3n) is 4.12. The first-order valence-corrected chi connectivity index (χ1v) is 9.07. The smallest absolute Gasteiger partial charge is 0.228 e. The van der Waals surface area contributed by atoms with Crippen LogP contribution in [0.2, 0.25) is 0 Å². The number of anilines is 1. The van der Waals surface area contributed by atoms with Gasteiger partial charge in [-0.25, -0.2) is 13.1 Å². The molecule has 0 unspecified atom stereocenters. The minimum atomic E-state index is -2.97. The molecule has 114 valence electrons. The Hall–Kier alpha value is -1.63. The van der Waals surface area contributed by atoms with Gasteiger partial charge in [0.05, 0.1) is 23.7 Å². The van der Waals surface area contributed by atoms with Gasteiger partial charge in [0.2, 0.25) is 5.91 Å². The maximum Gasteiger partial charge on any atom is 0.228 e. The van der Waals surface area contributed by atoms with Crippen LogP contribution in [-0.4, -0.2) is 35.6 Å². The topological polar surface area (TPSA) is 81.1 Å². The molecule has 0 bridgehead atoms. The van der Waals surface area contributed by atoms with Gasteiger partial charge in [-0.1, -0.05) is 12.2 Å². The van der Waals surface area contributed by atoms with Gasteiger partial charge in [-0.05, 0) is 25.7 Å². The molecule has 2 aliphatic rings. The van der Waals surface area contributed by atoms with Gasteiger partial charge in [0.1, 0.15) is 5.82 Å². The van der Waals surface area contributed by atoms with Gasteiger partial charge in [-0.2, -0.15) is 5.10 Å². The Bertz CT molecular complexity index is 663. The Morgan fingerprint density at radius 2 is 2.19 bits per heavy atom. The number of sulfone groups is 1. The first kappa shape index (κ1) is 14.3. The molecule has 3 rings (SSSR count). The first-order valence-electron chi connectivity index (χ1n) is 7.25. The second kappa shape index (κ2) is 5.63. The fourth-order valence-electron chi connectivity index (χ4n) is 2.93. The first-order chi connectivity index (χ1) is 10.1. The lowest BCUT2D eigenvalue weighted by Gasteiger charge is -2.19. The monoisotopic (exact) mass is 309 g/mol. The average Bonchev–Trinajstić information content (AvgIpc) is 3.06. The van der Waals surface area contributed by atoms with E-state index in [1.165, 1.54) is 0 Å². The van der Waals surface area contributed by atoms with Crippen molar-refractivity contribution < 1.29 is 13.2 Å². The molecule has 1 aromatic heterocycles. The lowest BCUT2D eigenvalue weighted by atomic mass is 9.94. The second-order valence-corrected chi connectivity index (χ2v) is 7.92. The highest BCUT2D eigenvalue weighted by Crippen LogP contribution is 2.27. The van der Waals surface area contributed by atoms with E-state index in [1.807, 2.05) is 6.08 Å². The SMILES string of the molecule is O=C(Nc1ccnn1[C@@H]1CCS(=O)(=O)C1)[C@@H]1CC=CCC1. The van der Waals surface area contributed by atoms with E-state index in [-0.39, 0.29) is 29.4 Å². The zero-order chi connectivity index (χ0) is 14.9. The summed E-state index contributed by atoms with van der Waals surface area (Å²) in [5, 5.41) is 7.08. The lowest BCUT2D eigenvalue weighted by molar-refractivity contribution is -0.120. The van der Waals surface area contributed by atoms with Crippen LogP contribution in [0.15, 0.2) is 24.4 Å². The van der Waals surface area contributed by atoms with Gasteiger partial charge in [-0.15, -0.1) is 0 Å². The van der Waals surface area contributed by atoms with Gasteiger partial charge in [-0.3, -0.25) is 4.79 Å². The van der Waals surface area contributed by atoms with Crippen molar-refractivity contribution in [1.29, 1.82) is 0 Å². The minimum absolute atomic E-state index is 0.00865. The van der Waals surface area contributed by atoms with Crippen molar-refractivity contribution in [3.8, 4) is 0 Å². The summed E-state index contributed by atoms with van der Waals surface area (Å²) in [6.45, 7) is 0. The Balaban J connectivity index is 1.71. The molecule has 1 aromatic rings. The summed E-state index contributed by atoms with van der Waals surface area (Å²) in [7, 11) is -2.97. The van der Waals surface area contributed by atoms with E-state index in [1.54, 1.807) is 16.9 Å². The van der Waals surface area contributed by atoms with E-state index in [0.717, 1.165) is 19.3 Å². The van der Waals surface area contributed by atoms with E-state index in [4.69, 9.17) is 0 Å². The van der Waals surface area contributed by atoms with Crippen LogP contribution in [0.4, 0.5) is 5.82 Å². The van der Waals surface area contributed by atoms with Gasteiger partial charge in [0.25, 0.3) is 0 Å². The van der Waals surface area contributed by atoms with Crippen LogP contribution >= 0.6 is 0 Å². The van der Waals surface area contributed by atoms with Crippen molar-refractivity contribution in [2.75, 3.05) is 16.8 Å². The van der Waals surface area contributed by atoms with E-state index < -0.39 is 9.84 Å². The molecule has 1 N–H and O–H groups in total. The Morgan fingerprint density at radius 3 is 2.86 bits per heavy atom. The molecule has 2 atom stereocenters. The molecule has 1 amide bonds. The van der Waals surface area contributed by atoms with Crippen LogP contribution in [0.1, 0.15) is 31.7 Å². The summed E-state index contributed by atoms with van der Waals surface area (Å²) in [6, 6.07) is 1.55. The van der Waals surface area contributed by atoms with Gasteiger partial charge in [0.15, 0.2) is 9.84 Å². The summed E-state index contributed by atoms with van der Waals surface area (Å²) in [4.78, 5) is 12.3. The average molecular weight is 309 g/mol. The molecule has 0 spiro atoms. The zero-order valence-corrected chi connectivity index (χ0v) is 12.6. The largest absolute Gasteiger partial charge is 0.311 e. The normalized spacial score (nSPS) is 27.6. The molecule has 2 heterocycles. The van der Waals surface area contributed by atoms with Crippen molar-refractivity contribution in [2.24, 2.45) is 5.92 Å². The summed E-state index contributed by atoms with van der Waals surface area (Å²) >= 11 is 0. The predicted molar refractivity (Wildman–Crippen MR) is 79.6 cm³/mol. The van der Waals surface area contributed by atoms with Gasteiger partial charge < -0.3 is 5.32 Å². The number of rotatable bonds is 3. The molecular weight excluding hydrogens is 290 g/mol. The van der Waals surface area contributed by atoms with Crippen molar-refractivity contribution in [2.45, 2.75) is 31.7 Å². The fraction of sp³-hybridized carbons (Fsp3) is 0.571. The number of aromatic nitrogens is 2.